The molecule has 1 N–H and O–H groups in total. The second-order valence-corrected chi connectivity index (χ2v) is 12.6. The van der Waals surface area contributed by atoms with E-state index < -0.39 is 12.1 Å². The van der Waals surface area contributed by atoms with E-state index in [9.17, 15) is 9.59 Å². The number of amides is 2. The van der Waals surface area contributed by atoms with Gasteiger partial charge >= 0.3 is 12.0 Å². The van der Waals surface area contributed by atoms with Crippen LogP contribution in [0.1, 0.15) is 101 Å². The lowest BCUT2D eigenvalue weighted by atomic mass is 9.96. The molecule has 1 aliphatic rings. The van der Waals surface area contributed by atoms with Gasteiger partial charge in [-0.2, -0.15) is 0 Å². The molecule has 1 atom stereocenters. The van der Waals surface area contributed by atoms with Crippen LogP contribution in [0.25, 0.3) is 11.0 Å². The number of methoxy groups -OCH3 is 1. The lowest BCUT2D eigenvalue weighted by molar-refractivity contribution is -0.149. The smallest absolute Gasteiger partial charge is 0.351 e. The molecule has 1 saturated carbocycles. The number of carbonyl (C=O) groups excluding carboxylic acids is 2. The van der Waals surface area contributed by atoms with Crippen molar-refractivity contribution in [2.75, 3.05) is 18.6 Å². The molecule has 8 heteroatoms. The molecule has 4 aromatic rings. The van der Waals surface area contributed by atoms with Crippen molar-refractivity contribution in [2.45, 2.75) is 103 Å². The minimum absolute atomic E-state index is 0.000903. The Bertz CT molecular complexity index is 1580. The monoisotopic (exact) mass is 638 g/mol. The zero-order valence-corrected chi connectivity index (χ0v) is 28.2. The largest absolute Gasteiger partial charge is 0.474 e. The van der Waals surface area contributed by atoms with Gasteiger partial charge in [0.2, 0.25) is 6.10 Å². The molecule has 8 nitrogen and oxygen atoms in total. The van der Waals surface area contributed by atoms with E-state index in [-0.39, 0.29) is 12.1 Å². The molecule has 0 radical (unpaired) electrons. The third-order valence-electron chi connectivity index (χ3n) is 9.08. The Morgan fingerprint density at radius 3 is 2.38 bits per heavy atom. The highest BCUT2D eigenvalue weighted by atomic mass is 16.6. The van der Waals surface area contributed by atoms with E-state index in [2.05, 4.69) is 35.9 Å². The van der Waals surface area contributed by atoms with Gasteiger partial charge in [-0.25, -0.2) is 14.6 Å². The van der Waals surface area contributed by atoms with Crippen LogP contribution in [0.2, 0.25) is 0 Å². The first kappa shape index (κ1) is 34.0. The standard InChI is InChI=1S/C39H50N4O4/c1-4-6-14-26-42(39(45)40-31-17-12-9-13-18-31)32-22-25-34-35(27-32)43(36(41-34)19-7-5-2)28-29-20-23-33(24-21-29)47-37(38(44)46-3)30-15-10-8-11-16-30/h8,10-11,15-16,20-25,27,31,37H,4-7,9,12-14,17-19,26,28H2,1-3H3,(H,40,45). The van der Waals surface area contributed by atoms with Gasteiger partial charge in [0.05, 0.1) is 18.1 Å². The Balaban J connectivity index is 1.41. The maximum absolute atomic E-state index is 13.7. The molecule has 0 aliphatic heterocycles. The van der Waals surface area contributed by atoms with Gasteiger partial charge < -0.3 is 19.4 Å². The number of hydrogen-bond acceptors (Lipinski definition) is 5. The van der Waals surface area contributed by atoms with Crippen LogP contribution >= 0.6 is 0 Å². The number of nitrogens with one attached hydrogen (secondary N) is 1. The Hall–Kier alpha value is -4.33. The second kappa shape index (κ2) is 17.0. The Morgan fingerprint density at radius 2 is 1.68 bits per heavy atom. The summed E-state index contributed by atoms with van der Waals surface area (Å²) in [5.74, 6) is 1.18. The van der Waals surface area contributed by atoms with Crippen molar-refractivity contribution in [3.63, 3.8) is 0 Å². The number of esters is 1. The molecule has 0 saturated heterocycles. The van der Waals surface area contributed by atoms with E-state index in [1.807, 2.05) is 65.6 Å². The molecule has 1 aromatic heterocycles. The highest BCUT2D eigenvalue weighted by Crippen LogP contribution is 2.28. The lowest BCUT2D eigenvalue weighted by Gasteiger charge is -2.28. The summed E-state index contributed by atoms with van der Waals surface area (Å²) in [6, 6.07) is 23.7. The summed E-state index contributed by atoms with van der Waals surface area (Å²) >= 11 is 0. The molecule has 47 heavy (non-hydrogen) atoms. The van der Waals surface area contributed by atoms with Crippen LogP contribution in [-0.4, -0.2) is 41.2 Å². The normalized spacial score (nSPS) is 14.1. The van der Waals surface area contributed by atoms with Crippen LogP contribution in [-0.2, 0) is 22.5 Å². The summed E-state index contributed by atoms with van der Waals surface area (Å²) in [5, 5.41) is 3.34. The number of ether oxygens (including phenoxy) is 2. The molecule has 2 amide bonds. The molecule has 1 aliphatic carbocycles. The first-order valence-electron chi connectivity index (χ1n) is 17.5. The third-order valence-corrected chi connectivity index (χ3v) is 9.08. The van der Waals surface area contributed by atoms with Gasteiger partial charge in [-0.1, -0.05) is 94.8 Å². The zero-order valence-electron chi connectivity index (χ0n) is 28.2. The van der Waals surface area contributed by atoms with Crippen molar-refractivity contribution < 1.29 is 19.1 Å². The number of urea groups is 1. The fourth-order valence-corrected chi connectivity index (χ4v) is 6.38. The number of carbonyl (C=O) groups is 2. The van der Waals surface area contributed by atoms with Gasteiger partial charge in [-0.15, -0.1) is 0 Å². The van der Waals surface area contributed by atoms with Crippen LogP contribution in [0.4, 0.5) is 10.5 Å². The van der Waals surface area contributed by atoms with E-state index in [1.54, 1.807) is 0 Å². The molecular weight excluding hydrogens is 588 g/mol. The summed E-state index contributed by atoms with van der Waals surface area (Å²) < 4.78 is 13.4. The Morgan fingerprint density at radius 1 is 0.936 bits per heavy atom. The van der Waals surface area contributed by atoms with Gasteiger partial charge in [0.25, 0.3) is 0 Å². The molecule has 1 heterocycles. The molecule has 0 bridgehead atoms. The maximum Gasteiger partial charge on any atom is 0.351 e. The number of unbranched alkanes of at least 4 members (excludes halogenated alkanes) is 3. The minimum Gasteiger partial charge on any atom is -0.474 e. The fourth-order valence-electron chi connectivity index (χ4n) is 6.38. The molecule has 5 rings (SSSR count). The van der Waals surface area contributed by atoms with E-state index in [1.165, 1.54) is 26.4 Å². The maximum atomic E-state index is 13.7. The number of imidazole rings is 1. The van der Waals surface area contributed by atoms with Crippen molar-refractivity contribution in [3.05, 3.63) is 89.7 Å². The Labute approximate surface area is 279 Å². The van der Waals surface area contributed by atoms with Crippen LogP contribution < -0.4 is 15.0 Å². The average Bonchev–Trinajstić information content (AvgIpc) is 3.45. The highest BCUT2D eigenvalue weighted by Gasteiger charge is 2.24. The summed E-state index contributed by atoms with van der Waals surface area (Å²) in [5.41, 5.74) is 4.69. The Kier molecular flexibility index (Phi) is 12.3. The molecule has 1 unspecified atom stereocenters. The van der Waals surface area contributed by atoms with Crippen LogP contribution in [0.5, 0.6) is 5.75 Å². The van der Waals surface area contributed by atoms with E-state index >= 15 is 0 Å². The van der Waals surface area contributed by atoms with Gasteiger partial charge in [0.1, 0.15) is 11.6 Å². The number of anilines is 1. The second-order valence-electron chi connectivity index (χ2n) is 12.6. The number of rotatable bonds is 15. The summed E-state index contributed by atoms with van der Waals surface area (Å²) in [6.07, 6.45) is 11.0. The summed E-state index contributed by atoms with van der Waals surface area (Å²) in [6.45, 7) is 5.70. The van der Waals surface area contributed by atoms with Crippen LogP contribution in [0, 0.1) is 0 Å². The number of hydrogen-bond donors (Lipinski definition) is 1. The van der Waals surface area contributed by atoms with Gasteiger partial charge in [-0.05, 0) is 61.6 Å². The van der Waals surface area contributed by atoms with Crippen molar-refractivity contribution in [3.8, 4) is 5.75 Å². The third kappa shape index (κ3) is 8.93. The lowest BCUT2D eigenvalue weighted by Crippen LogP contribution is -2.46. The zero-order chi connectivity index (χ0) is 33.0. The highest BCUT2D eigenvalue weighted by molar-refractivity contribution is 5.94. The molecule has 250 valence electrons. The predicted octanol–water partition coefficient (Wildman–Crippen LogP) is 8.76. The number of fused-ring (bicyclic) bond motifs is 1. The molecule has 0 spiro atoms. The van der Waals surface area contributed by atoms with E-state index in [0.29, 0.717) is 18.8 Å². The van der Waals surface area contributed by atoms with Crippen molar-refractivity contribution in [1.29, 1.82) is 0 Å². The number of nitrogens with zero attached hydrogens (tertiary/aromatic N) is 3. The summed E-state index contributed by atoms with van der Waals surface area (Å²) in [4.78, 5) is 33.2. The number of benzene rings is 3. The van der Waals surface area contributed by atoms with E-state index in [0.717, 1.165) is 85.0 Å². The molecule has 3 aromatic carbocycles. The van der Waals surface area contributed by atoms with Gasteiger partial charge in [0.15, 0.2) is 0 Å². The van der Waals surface area contributed by atoms with Crippen molar-refractivity contribution >= 4 is 28.7 Å². The quantitative estimate of drug-likeness (QED) is 0.104. The first-order chi connectivity index (χ1) is 23.0. The van der Waals surface area contributed by atoms with Crippen LogP contribution in [0.15, 0.2) is 72.8 Å². The van der Waals surface area contributed by atoms with Crippen LogP contribution in [0.3, 0.4) is 0 Å². The predicted molar refractivity (Wildman–Crippen MR) is 188 cm³/mol. The minimum atomic E-state index is -0.848. The topological polar surface area (TPSA) is 85.7 Å². The van der Waals surface area contributed by atoms with Crippen molar-refractivity contribution in [2.24, 2.45) is 0 Å². The van der Waals surface area contributed by atoms with Gasteiger partial charge in [-0.3, -0.25) is 4.90 Å². The number of aromatic nitrogens is 2. The SMILES string of the molecule is CCCCCN(C(=O)NC1CCCCC1)c1ccc2nc(CCCC)n(Cc3ccc(OC(C(=O)OC)c4ccccc4)cc3)c2c1. The molecular formula is C39H50N4O4. The van der Waals surface area contributed by atoms with Gasteiger partial charge in [0, 0.05) is 36.8 Å². The fraction of sp³-hybridized carbons (Fsp3) is 0.462. The number of aryl methyl sites for hydroxylation is 1. The molecule has 1 fully saturated rings. The first-order valence-corrected chi connectivity index (χ1v) is 17.5. The summed E-state index contributed by atoms with van der Waals surface area (Å²) in [7, 11) is 1.37. The average molecular weight is 639 g/mol. The van der Waals surface area contributed by atoms with Crippen molar-refractivity contribution in [1.82, 2.24) is 14.9 Å². The van der Waals surface area contributed by atoms with E-state index in [4.69, 9.17) is 14.5 Å².